The maximum absolute atomic E-state index is 12.9. The predicted molar refractivity (Wildman–Crippen MR) is 108 cm³/mol. The number of carbonyl (C=O) groups is 2. The molecule has 148 valence electrons. The lowest BCUT2D eigenvalue weighted by molar-refractivity contribution is -0.125. The molecule has 1 aromatic rings. The van der Waals surface area contributed by atoms with Gasteiger partial charge in [0.15, 0.2) is 0 Å². The highest BCUT2D eigenvalue weighted by atomic mass is 79.9. The summed E-state index contributed by atoms with van der Waals surface area (Å²) in [4.78, 5) is 26.2. The molecule has 1 fully saturated rings. The first-order valence-corrected chi connectivity index (χ1v) is 10.1. The van der Waals surface area contributed by atoms with E-state index >= 15 is 0 Å². The van der Waals surface area contributed by atoms with Crippen LogP contribution in [0.5, 0.6) is 0 Å². The zero-order chi connectivity index (χ0) is 20.1. The number of hydrogen-bond donors (Lipinski definition) is 0. The Morgan fingerprint density at radius 1 is 1.41 bits per heavy atom. The first-order chi connectivity index (χ1) is 12.8. The smallest absolute Gasteiger partial charge is 0.417 e. The van der Waals surface area contributed by atoms with E-state index in [2.05, 4.69) is 15.9 Å². The summed E-state index contributed by atoms with van der Waals surface area (Å²) in [6.45, 7) is 10.5. The van der Waals surface area contributed by atoms with Gasteiger partial charge in [-0.3, -0.25) is 4.79 Å². The Labute approximate surface area is 169 Å². The molecule has 1 saturated heterocycles. The van der Waals surface area contributed by atoms with Gasteiger partial charge in [0.05, 0.1) is 12.1 Å². The molecular weight excluding hydrogens is 410 g/mol. The van der Waals surface area contributed by atoms with E-state index in [0.717, 1.165) is 10.0 Å². The zero-order valence-corrected chi connectivity index (χ0v) is 18.2. The summed E-state index contributed by atoms with van der Waals surface area (Å²) in [6, 6.07) is 7.74. The third kappa shape index (κ3) is 5.20. The fraction of sp³-hybridized carbons (Fsp3) is 0.524. The summed E-state index contributed by atoms with van der Waals surface area (Å²) in [5.74, 6) is -0.199. The van der Waals surface area contributed by atoms with E-state index in [1.807, 2.05) is 58.0 Å². The number of nitrogens with zero attached hydrogens (tertiary/aromatic N) is 1. The van der Waals surface area contributed by atoms with Crippen LogP contribution < -0.4 is 0 Å². The minimum Gasteiger partial charge on any atom is -0.447 e. The summed E-state index contributed by atoms with van der Waals surface area (Å²) in [5, 5.41) is 0. The summed E-state index contributed by atoms with van der Waals surface area (Å²) in [6.07, 6.45) is 1.14. The van der Waals surface area contributed by atoms with E-state index in [-0.39, 0.29) is 36.5 Å². The van der Waals surface area contributed by atoms with Crippen LogP contribution in [-0.4, -0.2) is 36.2 Å². The minimum atomic E-state index is -0.563. The van der Waals surface area contributed by atoms with Gasteiger partial charge in [-0.15, -0.1) is 0 Å². The largest absolute Gasteiger partial charge is 0.447 e. The van der Waals surface area contributed by atoms with Gasteiger partial charge in [-0.1, -0.05) is 54.9 Å². The van der Waals surface area contributed by atoms with Crippen molar-refractivity contribution in [3.05, 3.63) is 46.0 Å². The van der Waals surface area contributed by atoms with Gasteiger partial charge in [0, 0.05) is 22.6 Å². The Balaban J connectivity index is 2.23. The number of benzene rings is 1. The Hall–Kier alpha value is -1.66. The second-order valence-corrected chi connectivity index (χ2v) is 8.12. The molecule has 0 aromatic heterocycles. The van der Waals surface area contributed by atoms with Gasteiger partial charge in [-0.2, -0.15) is 0 Å². The molecular formula is C21H28BrNO4. The summed E-state index contributed by atoms with van der Waals surface area (Å²) in [7, 11) is 0. The highest BCUT2D eigenvalue weighted by molar-refractivity contribution is 9.10. The molecule has 0 aliphatic carbocycles. The molecule has 0 N–H and O–H groups in total. The van der Waals surface area contributed by atoms with Crippen molar-refractivity contribution < 1.29 is 19.1 Å². The number of carbonyl (C=O) groups excluding carboxylic acids is 2. The second kappa shape index (κ2) is 9.51. The van der Waals surface area contributed by atoms with E-state index < -0.39 is 6.09 Å². The van der Waals surface area contributed by atoms with Crippen molar-refractivity contribution in [1.29, 1.82) is 0 Å². The molecule has 2 amide bonds. The maximum Gasteiger partial charge on any atom is 0.417 e. The molecule has 27 heavy (non-hydrogen) atoms. The molecule has 1 aromatic carbocycles. The average molecular weight is 438 g/mol. The standard InChI is InChI=1S/C21H28BrNO4/c1-6-26-19(16-8-7-9-17(22)11-16)14(4)10-15(5)20(24)23-18(13(2)3)12-27-21(23)25/h7-11,13-14,18-19H,6,12H2,1-5H3/b15-10+/t14-,18+,19+/m0/s1. The van der Waals surface area contributed by atoms with Crippen LogP contribution in [0.3, 0.4) is 0 Å². The van der Waals surface area contributed by atoms with Gasteiger partial charge < -0.3 is 9.47 Å². The molecule has 0 saturated carbocycles. The van der Waals surface area contributed by atoms with E-state index in [1.165, 1.54) is 4.90 Å². The molecule has 0 radical (unpaired) electrons. The van der Waals surface area contributed by atoms with Crippen LogP contribution in [0, 0.1) is 11.8 Å². The molecule has 0 unspecified atom stereocenters. The molecule has 6 heteroatoms. The van der Waals surface area contributed by atoms with Crippen molar-refractivity contribution in [2.24, 2.45) is 11.8 Å². The van der Waals surface area contributed by atoms with Gasteiger partial charge in [0.1, 0.15) is 6.61 Å². The lowest BCUT2D eigenvalue weighted by atomic mass is 9.94. The van der Waals surface area contributed by atoms with E-state index in [1.54, 1.807) is 6.92 Å². The third-order valence-electron chi connectivity index (χ3n) is 4.75. The van der Waals surface area contributed by atoms with Crippen LogP contribution in [-0.2, 0) is 14.3 Å². The molecule has 2 rings (SSSR count). The van der Waals surface area contributed by atoms with Crippen molar-refractivity contribution in [2.75, 3.05) is 13.2 Å². The van der Waals surface area contributed by atoms with Crippen LogP contribution in [0.25, 0.3) is 0 Å². The van der Waals surface area contributed by atoms with Gasteiger partial charge in [-0.05, 0) is 37.5 Å². The highest BCUT2D eigenvalue weighted by Gasteiger charge is 2.40. The first-order valence-electron chi connectivity index (χ1n) is 9.32. The number of imide groups is 1. The van der Waals surface area contributed by atoms with Crippen molar-refractivity contribution in [2.45, 2.75) is 46.8 Å². The lowest BCUT2D eigenvalue weighted by Gasteiger charge is -2.25. The number of hydrogen-bond acceptors (Lipinski definition) is 4. The van der Waals surface area contributed by atoms with Gasteiger partial charge in [-0.25, -0.2) is 9.69 Å². The van der Waals surface area contributed by atoms with Crippen molar-refractivity contribution in [3.63, 3.8) is 0 Å². The normalized spacial score (nSPS) is 20.0. The van der Waals surface area contributed by atoms with Gasteiger partial charge in [0.2, 0.25) is 0 Å². The number of amides is 2. The molecule has 3 atom stereocenters. The van der Waals surface area contributed by atoms with Crippen LogP contribution in [0.2, 0.25) is 0 Å². The Kier molecular flexibility index (Phi) is 7.62. The number of halogens is 1. The molecule has 0 bridgehead atoms. The van der Waals surface area contributed by atoms with Gasteiger partial charge in [0.25, 0.3) is 5.91 Å². The third-order valence-corrected chi connectivity index (χ3v) is 5.24. The lowest BCUT2D eigenvalue weighted by Crippen LogP contribution is -2.42. The van der Waals surface area contributed by atoms with Crippen LogP contribution >= 0.6 is 15.9 Å². The SMILES string of the molecule is CCO[C@@H](c1cccc(Br)c1)[C@@H](C)/C=C(\C)C(=O)N1C(=O)OC[C@@H]1C(C)C. The number of cyclic esters (lactones) is 1. The second-order valence-electron chi connectivity index (χ2n) is 7.20. The van der Waals surface area contributed by atoms with Gasteiger partial charge >= 0.3 is 6.09 Å². The van der Waals surface area contributed by atoms with Crippen LogP contribution in [0.1, 0.15) is 46.3 Å². The molecule has 1 heterocycles. The Bertz CT molecular complexity index is 716. The molecule has 5 nitrogen and oxygen atoms in total. The number of ether oxygens (including phenoxy) is 2. The molecule has 1 aliphatic rings. The Morgan fingerprint density at radius 3 is 2.70 bits per heavy atom. The Morgan fingerprint density at radius 2 is 2.11 bits per heavy atom. The fourth-order valence-electron chi connectivity index (χ4n) is 3.32. The quantitative estimate of drug-likeness (QED) is 0.555. The van der Waals surface area contributed by atoms with E-state index in [0.29, 0.717) is 12.2 Å². The molecule has 0 spiro atoms. The molecule has 1 aliphatic heterocycles. The highest BCUT2D eigenvalue weighted by Crippen LogP contribution is 2.30. The predicted octanol–water partition coefficient (Wildman–Crippen LogP) is 5.11. The van der Waals surface area contributed by atoms with E-state index in [4.69, 9.17) is 9.47 Å². The number of rotatable bonds is 7. The van der Waals surface area contributed by atoms with E-state index in [9.17, 15) is 9.59 Å². The topological polar surface area (TPSA) is 55.8 Å². The maximum atomic E-state index is 12.9. The summed E-state index contributed by atoms with van der Waals surface area (Å²) in [5.41, 5.74) is 1.56. The first kappa shape index (κ1) is 21.6. The summed E-state index contributed by atoms with van der Waals surface area (Å²) >= 11 is 3.49. The van der Waals surface area contributed by atoms with Crippen LogP contribution in [0.15, 0.2) is 40.4 Å². The fourth-order valence-corrected chi connectivity index (χ4v) is 3.73. The minimum absolute atomic E-state index is 0.0423. The summed E-state index contributed by atoms with van der Waals surface area (Å²) < 4.78 is 12.0. The monoisotopic (exact) mass is 437 g/mol. The van der Waals surface area contributed by atoms with Crippen molar-refractivity contribution in [3.8, 4) is 0 Å². The average Bonchev–Trinajstić information content (AvgIpc) is 3.00. The van der Waals surface area contributed by atoms with Crippen LogP contribution in [0.4, 0.5) is 4.79 Å². The zero-order valence-electron chi connectivity index (χ0n) is 16.6. The van der Waals surface area contributed by atoms with Crippen molar-refractivity contribution in [1.82, 2.24) is 4.90 Å². The van der Waals surface area contributed by atoms with Crippen molar-refractivity contribution >= 4 is 27.9 Å².